The number of hydrogen-bond acceptors (Lipinski definition) is 2. The third-order valence-corrected chi connectivity index (χ3v) is 3.82. The molecule has 0 radical (unpaired) electrons. The molecule has 0 aromatic heterocycles. The first-order valence-electron chi connectivity index (χ1n) is 8.19. The summed E-state index contributed by atoms with van der Waals surface area (Å²) >= 11 is 3.77. The molecule has 0 amide bonds. The largest absolute Gasteiger partial charge is 0.330 e. The minimum absolute atomic E-state index is 0.0338. The van der Waals surface area contributed by atoms with Crippen LogP contribution in [0.15, 0.2) is 0 Å². The van der Waals surface area contributed by atoms with E-state index in [1.807, 2.05) is 0 Å². The molecule has 0 fully saturated rings. The molecule has 0 aromatic rings. The van der Waals surface area contributed by atoms with Gasteiger partial charge >= 0.3 is 0 Å². The van der Waals surface area contributed by atoms with E-state index in [0.717, 1.165) is 13.0 Å². The molecule has 0 saturated carbocycles. The zero-order valence-corrected chi connectivity index (χ0v) is 13.4. The average molecular weight is 288 g/mol. The smallest absolute Gasteiger partial charge is 0.185 e. The van der Waals surface area contributed by atoms with E-state index in [1.165, 1.54) is 77.0 Å². The van der Waals surface area contributed by atoms with Crippen LogP contribution in [0, 0.1) is 0 Å². The molecule has 3 heteroatoms. The van der Waals surface area contributed by atoms with Crippen LogP contribution >= 0.6 is 12.6 Å². The molecule has 0 rings (SSSR count). The van der Waals surface area contributed by atoms with Gasteiger partial charge in [-0.1, -0.05) is 70.6 Å². The molecule has 0 spiro atoms. The number of carbonyl (C=O) groups excluding carboxylic acids is 1. The fourth-order valence-electron chi connectivity index (χ4n) is 2.37. The van der Waals surface area contributed by atoms with Gasteiger partial charge in [-0.25, -0.2) is 0 Å². The molecule has 0 aliphatic carbocycles. The van der Waals surface area contributed by atoms with Crippen LogP contribution in [0.2, 0.25) is 0 Å². The lowest BCUT2D eigenvalue weighted by atomic mass is 10.0. The summed E-state index contributed by atoms with van der Waals surface area (Å²) in [6, 6.07) is 0. The molecule has 0 aromatic carbocycles. The first kappa shape index (κ1) is 19.0. The van der Waals surface area contributed by atoms with E-state index >= 15 is 0 Å². The average Bonchev–Trinajstić information content (AvgIpc) is 2.39. The Labute approximate surface area is 125 Å². The molecule has 0 aliphatic heterocycles. The first-order valence-corrected chi connectivity index (χ1v) is 8.64. The minimum Gasteiger partial charge on any atom is -0.330 e. The molecular formula is C16H33NOS. The maximum atomic E-state index is 10.6. The van der Waals surface area contributed by atoms with Crippen molar-refractivity contribution < 1.29 is 4.79 Å². The minimum atomic E-state index is 0.0338. The lowest BCUT2D eigenvalue weighted by molar-refractivity contribution is -0.110. The van der Waals surface area contributed by atoms with E-state index in [9.17, 15) is 4.79 Å². The van der Waals surface area contributed by atoms with Gasteiger partial charge in [-0.2, -0.15) is 0 Å². The molecule has 0 atom stereocenters. The topological polar surface area (TPSA) is 43.1 Å². The van der Waals surface area contributed by atoms with Gasteiger partial charge in [0.15, 0.2) is 5.12 Å². The Balaban J connectivity index is 2.93. The van der Waals surface area contributed by atoms with Gasteiger partial charge in [0.2, 0.25) is 0 Å². The molecule has 2 nitrogen and oxygen atoms in total. The Hall–Kier alpha value is -0.0200. The SMILES string of the molecule is NCCCCCCCCCCCCCCCC(=O)S. The monoisotopic (exact) mass is 287 g/mol. The normalized spacial score (nSPS) is 10.8. The zero-order valence-electron chi connectivity index (χ0n) is 12.5. The van der Waals surface area contributed by atoms with E-state index in [2.05, 4.69) is 12.6 Å². The van der Waals surface area contributed by atoms with Crippen molar-refractivity contribution in [2.75, 3.05) is 6.54 Å². The lowest BCUT2D eigenvalue weighted by Gasteiger charge is -2.02. The predicted molar refractivity (Wildman–Crippen MR) is 87.7 cm³/mol. The lowest BCUT2D eigenvalue weighted by Crippen LogP contribution is -1.97. The van der Waals surface area contributed by atoms with Crippen LogP contribution in [0.1, 0.15) is 89.9 Å². The molecule has 19 heavy (non-hydrogen) atoms. The Morgan fingerprint density at radius 3 is 1.26 bits per heavy atom. The quantitative estimate of drug-likeness (QED) is 0.333. The van der Waals surface area contributed by atoms with Crippen LogP contribution < -0.4 is 5.73 Å². The second-order valence-corrected chi connectivity index (χ2v) is 6.03. The maximum absolute atomic E-state index is 10.6. The zero-order chi connectivity index (χ0) is 14.2. The molecular weight excluding hydrogens is 254 g/mol. The summed E-state index contributed by atoms with van der Waals surface area (Å²) in [6.45, 7) is 0.849. The van der Waals surface area contributed by atoms with Gasteiger partial charge in [0.25, 0.3) is 0 Å². The van der Waals surface area contributed by atoms with Crippen molar-refractivity contribution in [3.05, 3.63) is 0 Å². The van der Waals surface area contributed by atoms with Crippen LogP contribution in [0.25, 0.3) is 0 Å². The van der Waals surface area contributed by atoms with Gasteiger partial charge in [0, 0.05) is 6.42 Å². The van der Waals surface area contributed by atoms with Crippen molar-refractivity contribution in [3.63, 3.8) is 0 Å². The van der Waals surface area contributed by atoms with E-state index in [-0.39, 0.29) is 5.12 Å². The van der Waals surface area contributed by atoms with Gasteiger partial charge in [-0.05, 0) is 19.4 Å². The highest BCUT2D eigenvalue weighted by atomic mass is 32.1. The van der Waals surface area contributed by atoms with Crippen molar-refractivity contribution in [1.82, 2.24) is 0 Å². The molecule has 0 bridgehead atoms. The number of rotatable bonds is 15. The summed E-state index contributed by atoms with van der Waals surface area (Å²) < 4.78 is 0. The van der Waals surface area contributed by atoms with E-state index in [1.54, 1.807) is 0 Å². The summed E-state index contributed by atoms with van der Waals surface area (Å²) in [6.07, 6.45) is 17.7. The number of thiol groups is 1. The van der Waals surface area contributed by atoms with Crippen LogP contribution in [0.3, 0.4) is 0 Å². The number of hydrogen-bond donors (Lipinski definition) is 2. The number of carbonyl (C=O) groups is 1. The van der Waals surface area contributed by atoms with Crippen LogP contribution in [-0.2, 0) is 4.79 Å². The third-order valence-electron chi connectivity index (χ3n) is 3.59. The fourth-order valence-corrected chi connectivity index (χ4v) is 2.52. The molecule has 0 unspecified atom stereocenters. The van der Waals surface area contributed by atoms with E-state index in [0.29, 0.717) is 6.42 Å². The van der Waals surface area contributed by atoms with E-state index in [4.69, 9.17) is 5.73 Å². The predicted octanol–water partition coefficient (Wildman–Crippen LogP) is 4.86. The molecule has 114 valence electrons. The van der Waals surface area contributed by atoms with Crippen molar-refractivity contribution in [1.29, 1.82) is 0 Å². The fraction of sp³-hybridized carbons (Fsp3) is 0.938. The second-order valence-electron chi connectivity index (χ2n) is 5.53. The van der Waals surface area contributed by atoms with Gasteiger partial charge in [-0.3, -0.25) is 4.79 Å². The van der Waals surface area contributed by atoms with Crippen molar-refractivity contribution in [2.45, 2.75) is 89.9 Å². The van der Waals surface area contributed by atoms with E-state index < -0.39 is 0 Å². The molecule has 0 saturated heterocycles. The van der Waals surface area contributed by atoms with Gasteiger partial charge < -0.3 is 5.73 Å². The summed E-state index contributed by atoms with van der Waals surface area (Å²) in [7, 11) is 0. The van der Waals surface area contributed by atoms with Crippen LogP contribution in [-0.4, -0.2) is 11.7 Å². The Morgan fingerprint density at radius 2 is 0.947 bits per heavy atom. The summed E-state index contributed by atoms with van der Waals surface area (Å²) in [4.78, 5) is 10.6. The number of nitrogens with two attached hydrogens (primary N) is 1. The standard InChI is InChI=1S/C16H33NOS/c17-15-13-11-9-7-5-3-1-2-4-6-8-10-12-14-16(18)19/h1-15,17H2,(H,18,19). The third kappa shape index (κ3) is 18.0. The first-order chi connectivity index (χ1) is 9.27. The van der Waals surface area contributed by atoms with Crippen LogP contribution in [0.5, 0.6) is 0 Å². The Kier molecular flexibility index (Phi) is 16.0. The summed E-state index contributed by atoms with van der Waals surface area (Å²) in [5.41, 5.74) is 5.46. The molecule has 2 N–H and O–H groups in total. The maximum Gasteiger partial charge on any atom is 0.185 e. The highest BCUT2D eigenvalue weighted by Crippen LogP contribution is 2.13. The summed E-state index contributed by atoms with van der Waals surface area (Å²) in [5.74, 6) is 0. The Bertz CT molecular complexity index is 197. The van der Waals surface area contributed by atoms with Crippen molar-refractivity contribution in [2.24, 2.45) is 5.73 Å². The summed E-state index contributed by atoms with van der Waals surface area (Å²) in [5, 5.41) is 0.0338. The van der Waals surface area contributed by atoms with Crippen LogP contribution in [0.4, 0.5) is 0 Å². The van der Waals surface area contributed by atoms with Gasteiger partial charge in [0.05, 0.1) is 0 Å². The number of unbranched alkanes of at least 4 members (excludes halogenated alkanes) is 12. The van der Waals surface area contributed by atoms with Crippen molar-refractivity contribution >= 4 is 17.7 Å². The highest BCUT2D eigenvalue weighted by Gasteiger charge is 1.96. The van der Waals surface area contributed by atoms with Gasteiger partial charge in [-0.15, -0.1) is 12.6 Å². The Morgan fingerprint density at radius 1 is 0.632 bits per heavy atom. The second kappa shape index (κ2) is 16.0. The van der Waals surface area contributed by atoms with Gasteiger partial charge in [0.1, 0.15) is 0 Å². The molecule has 0 aliphatic rings. The van der Waals surface area contributed by atoms with Crippen molar-refractivity contribution in [3.8, 4) is 0 Å². The molecule has 0 heterocycles. The highest BCUT2D eigenvalue weighted by molar-refractivity contribution is 7.96.